The molecule has 0 spiro atoms. The van der Waals surface area contributed by atoms with E-state index >= 15 is 0 Å². The Bertz CT molecular complexity index is 354. The van der Waals surface area contributed by atoms with E-state index in [4.69, 9.17) is 0 Å². The molecule has 0 aliphatic carbocycles. The van der Waals surface area contributed by atoms with Crippen LogP contribution < -0.4 is 0 Å². The monoisotopic (exact) mass is 205 g/mol. The van der Waals surface area contributed by atoms with E-state index in [9.17, 15) is 18.0 Å². The number of hydrogen-bond acceptors (Lipinski definition) is 3. The van der Waals surface area contributed by atoms with Crippen molar-refractivity contribution in [3.05, 3.63) is 29.3 Å². The predicted molar refractivity (Wildman–Crippen MR) is 40.5 cm³/mol. The fraction of sp³-hybridized carbons (Fsp3) is 0.250. The standard InChI is InChI=1S/C8H6F3NO2/c1-14-8(13)4-2-6(7(10)11)12-3-5(4)9/h2-3,7H,1H3. The third kappa shape index (κ3) is 2.01. The van der Waals surface area contributed by atoms with Gasteiger partial charge in [0.1, 0.15) is 5.69 Å². The zero-order chi connectivity index (χ0) is 10.7. The lowest BCUT2D eigenvalue weighted by atomic mass is 10.2. The van der Waals surface area contributed by atoms with Gasteiger partial charge >= 0.3 is 5.97 Å². The molecule has 14 heavy (non-hydrogen) atoms. The van der Waals surface area contributed by atoms with Crippen LogP contribution in [0.3, 0.4) is 0 Å². The Morgan fingerprint density at radius 3 is 2.71 bits per heavy atom. The highest BCUT2D eigenvalue weighted by atomic mass is 19.3. The van der Waals surface area contributed by atoms with Crippen molar-refractivity contribution >= 4 is 5.97 Å². The number of pyridine rings is 1. The number of carbonyl (C=O) groups is 1. The predicted octanol–water partition coefficient (Wildman–Crippen LogP) is 1.94. The summed E-state index contributed by atoms with van der Waals surface area (Å²) in [6, 6.07) is 0.672. The first-order valence-electron chi connectivity index (χ1n) is 3.58. The first-order chi connectivity index (χ1) is 6.56. The van der Waals surface area contributed by atoms with Crippen molar-refractivity contribution in [1.29, 1.82) is 0 Å². The zero-order valence-electron chi connectivity index (χ0n) is 7.13. The van der Waals surface area contributed by atoms with Crippen molar-refractivity contribution in [2.24, 2.45) is 0 Å². The molecule has 0 fully saturated rings. The molecule has 1 aromatic heterocycles. The van der Waals surface area contributed by atoms with Crippen LogP contribution in [0.25, 0.3) is 0 Å². The number of rotatable bonds is 2. The van der Waals surface area contributed by atoms with Crippen molar-refractivity contribution < 1.29 is 22.7 Å². The number of halogens is 3. The maximum Gasteiger partial charge on any atom is 0.340 e. The fourth-order valence-electron chi connectivity index (χ4n) is 0.841. The van der Waals surface area contributed by atoms with Gasteiger partial charge in [-0.1, -0.05) is 0 Å². The molecular formula is C8H6F3NO2. The summed E-state index contributed by atoms with van der Waals surface area (Å²) in [5.74, 6) is -1.99. The zero-order valence-corrected chi connectivity index (χ0v) is 7.13. The van der Waals surface area contributed by atoms with Crippen LogP contribution in [0.1, 0.15) is 22.5 Å². The topological polar surface area (TPSA) is 39.2 Å². The molecule has 0 amide bonds. The third-order valence-corrected chi connectivity index (χ3v) is 1.51. The van der Waals surface area contributed by atoms with Gasteiger partial charge in [0.25, 0.3) is 6.43 Å². The molecule has 0 radical (unpaired) electrons. The van der Waals surface area contributed by atoms with Gasteiger partial charge in [0.05, 0.1) is 18.9 Å². The molecule has 1 rings (SSSR count). The van der Waals surface area contributed by atoms with Crippen LogP contribution in [0.5, 0.6) is 0 Å². The van der Waals surface area contributed by atoms with Crippen molar-refractivity contribution in [3.8, 4) is 0 Å². The highest BCUT2D eigenvalue weighted by Crippen LogP contribution is 2.18. The van der Waals surface area contributed by atoms with Crippen LogP contribution in [0.2, 0.25) is 0 Å². The van der Waals surface area contributed by atoms with Gasteiger partial charge in [0, 0.05) is 0 Å². The molecule has 0 N–H and O–H groups in total. The maximum absolute atomic E-state index is 12.9. The lowest BCUT2D eigenvalue weighted by molar-refractivity contribution is 0.0594. The van der Waals surface area contributed by atoms with Gasteiger partial charge in [-0.2, -0.15) is 0 Å². The summed E-state index contributed by atoms with van der Waals surface area (Å²) in [7, 11) is 1.03. The minimum atomic E-state index is -2.85. The Kier molecular flexibility index (Phi) is 3.06. The van der Waals surface area contributed by atoms with E-state index in [1.54, 1.807) is 0 Å². The van der Waals surface area contributed by atoms with E-state index in [0.717, 1.165) is 7.11 Å². The SMILES string of the molecule is COC(=O)c1cc(C(F)F)ncc1F. The Labute approximate surface area is 77.5 Å². The number of methoxy groups -OCH3 is 1. The first-order valence-corrected chi connectivity index (χ1v) is 3.58. The summed E-state index contributed by atoms with van der Waals surface area (Å²) in [6.45, 7) is 0. The number of ether oxygens (including phenoxy) is 1. The van der Waals surface area contributed by atoms with Gasteiger partial charge in [0.15, 0.2) is 5.82 Å². The van der Waals surface area contributed by atoms with Crippen molar-refractivity contribution in [3.63, 3.8) is 0 Å². The van der Waals surface area contributed by atoms with Crippen LogP contribution in [0.4, 0.5) is 13.2 Å². The smallest absolute Gasteiger partial charge is 0.340 e. The summed E-state index contributed by atoms with van der Waals surface area (Å²) in [4.78, 5) is 14.0. The Morgan fingerprint density at radius 2 is 2.21 bits per heavy atom. The van der Waals surface area contributed by atoms with Crippen LogP contribution in [0.15, 0.2) is 12.3 Å². The number of aromatic nitrogens is 1. The highest BCUT2D eigenvalue weighted by molar-refractivity contribution is 5.89. The summed E-state index contributed by atoms with van der Waals surface area (Å²) >= 11 is 0. The summed E-state index contributed by atoms with van der Waals surface area (Å²) in [5.41, 5.74) is -1.20. The average molecular weight is 205 g/mol. The summed E-state index contributed by atoms with van der Waals surface area (Å²) in [6.07, 6.45) is -2.28. The molecule has 1 heterocycles. The summed E-state index contributed by atoms with van der Waals surface area (Å²) < 4.78 is 41.3. The first kappa shape index (κ1) is 10.5. The second-order valence-corrected chi connectivity index (χ2v) is 2.38. The van der Waals surface area contributed by atoms with E-state index in [1.807, 2.05) is 0 Å². The lowest BCUT2D eigenvalue weighted by Crippen LogP contribution is -2.06. The largest absolute Gasteiger partial charge is 0.465 e. The molecule has 0 unspecified atom stereocenters. The minimum Gasteiger partial charge on any atom is -0.465 e. The normalized spacial score (nSPS) is 10.4. The maximum atomic E-state index is 12.9. The number of esters is 1. The average Bonchev–Trinajstić information content (AvgIpc) is 2.17. The van der Waals surface area contributed by atoms with E-state index in [1.165, 1.54) is 0 Å². The van der Waals surface area contributed by atoms with Crippen molar-refractivity contribution in [1.82, 2.24) is 4.98 Å². The molecular weight excluding hydrogens is 199 g/mol. The molecule has 0 atom stereocenters. The van der Waals surface area contributed by atoms with Gasteiger partial charge < -0.3 is 4.74 Å². The lowest BCUT2D eigenvalue weighted by Gasteiger charge is -2.03. The molecule has 0 aliphatic rings. The molecule has 3 nitrogen and oxygen atoms in total. The highest BCUT2D eigenvalue weighted by Gasteiger charge is 2.17. The van der Waals surface area contributed by atoms with Gasteiger partial charge in [-0.25, -0.2) is 18.0 Å². The molecule has 0 aliphatic heterocycles. The van der Waals surface area contributed by atoms with Gasteiger partial charge in [0.2, 0.25) is 0 Å². The van der Waals surface area contributed by atoms with Gasteiger partial charge in [-0.05, 0) is 6.07 Å². The number of nitrogens with zero attached hydrogens (tertiary/aromatic N) is 1. The van der Waals surface area contributed by atoms with Crippen LogP contribution in [-0.2, 0) is 4.74 Å². The summed E-state index contributed by atoms with van der Waals surface area (Å²) in [5, 5.41) is 0. The van der Waals surface area contributed by atoms with Gasteiger partial charge in [-0.15, -0.1) is 0 Å². The molecule has 0 bridgehead atoms. The fourth-order valence-corrected chi connectivity index (χ4v) is 0.841. The van der Waals surface area contributed by atoms with Gasteiger partial charge in [-0.3, -0.25) is 4.98 Å². The molecule has 1 aromatic rings. The quantitative estimate of drug-likeness (QED) is 0.692. The van der Waals surface area contributed by atoms with E-state index in [0.29, 0.717) is 12.3 Å². The Hall–Kier alpha value is -1.59. The molecule has 76 valence electrons. The molecule has 0 saturated heterocycles. The van der Waals surface area contributed by atoms with E-state index in [-0.39, 0.29) is 0 Å². The van der Waals surface area contributed by atoms with Crippen LogP contribution in [0, 0.1) is 5.82 Å². The Morgan fingerprint density at radius 1 is 1.57 bits per heavy atom. The minimum absolute atomic E-state index is 0.544. The molecule has 6 heteroatoms. The molecule has 0 saturated carbocycles. The van der Waals surface area contributed by atoms with E-state index < -0.39 is 29.5 Å². The van der Waals surface area contributed by atoms with Crippen LogP contribution >= 0.6 is 0 Å². The van der Waals surface area contributed by atoms with E-state index in [2.05, 4.69) is 9.72 Å². The number of hydrogen-bond donors (Lipinski definition) is 0. The second kappa shape index (κ2) is 4.08. The molecule has 0 aromatic carbocycles. The van der Waals surface area contributed by atoms with Crippen molar-refractivity contribution in [2.45, 2.75) is 6.43 Å². The number of alkyl halides is 2. The number of carbonyl (C=O) groups excluding carboxylic acids is 1. The van der Waals surface area contributed by atoms with Crippen LogP contribution in [-0.4, -0.2) is 18.1 Å². The third-order valence-electron chi connectivity index (χ3n) is 1.51. The van der Waals surface area contributed by atoms with Crippen molar-refractivity contribution in [2.75, 3.05) is 7.11 Å². The second-order valence-electron chi connectivity index (χ2n) is 2.38. The Balaban J connectivity index is 3.15.